The number of halogens is 1. The average Bonchev–Trinajstić information content (AvgIpc) is 2.29. The van der Waals surface area contributed by atoms with Crippen molar-refractivity contribution >= 4 is 15.7 Å². The standard InChI is InChI=1S/C10H16FN3O3S/c1-17-6-7(5-12)14-10-3-2-8(4-9(10)11)18(13,15)16/h2-4,7,14H,5-6,12H2,1H3,(H2,13,15,16). The van der Waals surface area contributed by atoms with Gasteiger partial charge in [0, 0.05) is 13.7 Å². The number of benzene rings is 1. The van der Waals surface area contributed by atoms with E-state index in [9.17, 15) is 12.8 Å². The second-order valence-corrected chi connectivity index (χ2v) is 5.28. The van der Waals surface area contributed by atoms with Crippen molar-refractivity contribution in [2.24, 2.45) is 10.9 Å². The normalized spacial score (nSPS) is 13.3. The number of sulfonamides is 1. The summed E-state index contributed by atoms with van der Waals surface area (Å²) < 4.78 is 40.6. The Morgan fingerprint density at radius 3 is 2.61 bits per heavy atom. The van der Waals surface area contributed by atoms with Crippen LogP contribution in [0.4, 0.5) is 10.1 Å². The second-order valence-electron chi connectivity index (χ2n) is 3.72. The molecule has 1 atom stereocenters. The van der Waals surface area contributed by atoms with Crippen LogP contribution in [0, 0.1) is 5.82 Å². The summed E-state index contributed by atoms with van der Waals surface area (Å²) in [7, 11) is -2.40. The minimum absolute atomic E-state index is 0.148. The Bertz CT molecular complexity index is 507. The molecule has 0 amide bonds. The SMILES string of the molecule is COCC(CN)Nc1ccc(S(N)(=O)=O)cc1F. The molecule has 0 spiro atoms. The van der Waals surface area contributed by atoms with Gasteiger partial charge in [0.1, 0.15) is 5.82 Å². The van der Waals surface area contributed by atoms with Crippen LogP contribution in [0.3, 0.4) is 0 Å². The largest absolute Gasteiger partial charge is 0.383 e. The van der Waals surface area contributed by atoms with Crippen LogP contribution in [0.25, 0.3) is 0 Å². The highest BCUT2D eigenvalue weighted by Gasteiger charge is 2.13. The van der Waals surface area contributed by atoms with Crippen molar-refractivity contribution in [1.29, 1.82) is 0 Å². The first kappa shape index (κ1) is 14.8. The highest BCUT2D eigenvalue weighted by molar-refractivity contribution is 7.89. The average molecular weight is 277 g/mol. The molecule has 1 aromatic carbocycles. The van der Waals surface area contributed by atoms with Gasteiger partial charge in [-0.15, -0.1) is 0 Å². The Morgan fingerprint density at radius 1 is 1.50 bits per heavy atom. The van der Waals surface area contributed by atoms with Gasteiger partial charge in [0.05, 0.1) is 23.2 Å². The molecule has 0 heterocycles. The van der Waals surface area contributed by atoms with Crippen LogP contribution in [-0.2, 0) is 14.8 Å². The highest BCUT2D eigenvalue weighted by atomic mass is 32.2. The maximum atomic E-state index is 13.7. The Balaban J connectivity index is 2.92. The van der Waals surface area contributed by atoms with Gasteiger partial charge in [0.2, 0.25) is 10.0 Å². The number of primary sulfonamides is 1. The van der Waals surface area contributed by atoms with Crippen LogP contribution >= 0.6 is 0 Å². The fourth-order valence-electron chi connectivity index (χ4n) is 1.38. The maximum absolute atomic E-state index is 13.7. The molecule has 6 nitrogen and oxygen atoms in total. The van der Waals surface area contributed by atoms with Gasteiger partial charge in [-0.2, -0.15) is 0 Å². The molecule has 102 valence electrons. The second kappa shape index (κ2) is 6.10. The lowest BCUT2D eigenvalue weighted by atomic mass is 10.2. The van der Waals surface area contributed by atoms with E-state index in [2.05, 4.69) is 5.32 Å². The number of nitrogens with one attached hydrogen (secondary N) is 1. The van der Waals surface area contributed by atoms with Gasteiger partial charge in [-0.1, -0.05) is 0 Å². The molecule has 0 bridgehead atoms. The van der Waals surface area contributed by atoms with E-state index in [1.54, 1.807) is 0 Å². The highest BCUT2D eigenvalue weighted by Crippen LogP contribution is 2.18. The smallest absolute Gasteiger partial charge is 0.238 e. The van der Waals surface area contributed by atoms with Crippen LogP contribution in [-0.4, -0.2) is 34.7 Å². The number of hydrogen-bond donors (Lipinski definition) is 3. The van der Waals surface area contributed by atoms with E-state index in [1.165, 1.54) is 19.2 Å². The van der Waals surface area contributed by atoms with Crippen molar-refractivity contribution in [2.75, 3.05) is 25.6 Å². The Labute approximate surface area is 105 Å². The summed E-state index contributed by atoms with van der Waals surface area (Å²) >= 11 is 0. The van der Waals surface area contributed by atoms with Crippen molar-refractivity contribution in [3.05, 3.63) is 24.0 Å². The molecule has 0 saturated heterocycles. The van der Waals surface area contributed by atoms with Crippen molar-refractivity contribution < 1.29 is 17.5 Å². The summed E-state index contributed by atoms with van der Waals surface area (Å²) in [6, 6.07) is 3.12. The number of hydrogen-bond acceptors (Lipinski definition) is 5. The minimum atomic E-state index is -3.90. The molecule has 0 aliphatic carbocycles. The third kappa shape index (κ3) is 3.91. The van der Waals surface area contributed by atoms with Crippen molar-refractivity contribution in [3.63, 3.8) is 0 Å². The topological polar surface area (TPSA) is 107 Å². The molecule has 0 aliphatic rings. The third-order valence-electron chi connectivity index (χ3n) is 2.28. The molecule has 0 aromatic heterocycles. The summed E-state index contributed by atoms with van der Waals surface area (Å²) in [5, 5.41) is 7.71. The lowest BCUT2D eigenvalue weighted by Crippen LogP contribution is -2.33. The Hall–Kier alpha value is -1.22. The van der Waals surface area contributed by atoms with Crippen molar-refractivity contribution in [2.45, 2.75) is 10.9 Å². The van der Waals surface area contributed by atoms with E-state index in [1.807, 2.05) is 0 Å². The molecule has 18 heavy (non-hydrogen) atoms. The zero-order chi connectivity index (χ0) is 13.8. The van der Waals surface area contributed by atoms with E-state index in [-0.39, 0.29) is 23.2 Å². The summed E-state index contributed by atoms with van der Waals surface area (Å²) in [5.41, 5.74) is 5.62. The molecule has 1 unspecified atom stereocenters. The van der Waals surface area contributed by atoms with Gasteiger partial charge in [-0.3, -0.25) is 0 Å². The number of ether oxygens (including phenoxy) is 1. The number of methoxy groups -OCH3 is 1. The van der Waals surface area contributed by atoms with Gasteiger partial charge >= 0.3 is 0 Å². The van der Waals surface area contributed by atoms with Crippen LogP contribution in [0.5, 0.6) is 0 Å². The lowest BCUT2D eigenvalue weighted by molar-refractivity contribution is 0.187. The molecule has 1 rings (SSSR count). The molecule has 0 aliphatic heterocycles. The Kier molecular flexibility index (Phi) is 5.03. The zero-order valence-corrected chi connectivity index (χ0v) is 10.7. The summed E-state index contributed by atoms with van der Waals surface area (Å²) in [6.45, 7) is 0.567. The van der Waals surface area contributed by atoms with Crippen LogP contribution < -0.4 is 16.2 Å². The number of rotatable bonds is 6. The van der Waals surface area contributed by atoms with Gasteiger partial charge in [-0.25, -0.2) is 17.9 Å². The minimum Gasteiger partial charge on any atom is -0.383 e. The van der Waals surface area contributed by atoms with Crippen LogP contribution in [0.1, 0.15) is 0 Å². The first-order valence-corrected chi connectivity index (χ1v) is 6.71. The van der Waals surface area contributed by atoms with Gasteiger partial charge in [0.25, 0.3) is 0 Å². The van der Waals surface area contributed by atoms with E-state index in [0.717, 1.165) is 6.07 Å². The molecule has 1 aromatic rings. The summed E-state index contributed by atoms with van der Waals surface area (Å²) in [5.74, 6) is -0.712. The van der Waals surface area contributed by atoms with E-state index < -0.39 is 15.8 Å². The first-order valence-electron chi connectivity index (χ1n) is 5.16. The monoisotopic (exact) mass is 277 g/mol. The van der Waals surface area contributed by atoms with Gasteiger partial charge in [-0.05, 0) is 18.2 Å². The third-order valence-corrected chi connectivity index (χ3v) is 3.19. The molecular weight excluding hydrogens is 261 g/mol. The fraction of sp³-hybridized carbons (Fsp3) is 0.400. The lowest BCUT2D eigenvalue weighted by Gasteiger charge is -2.17. The van der Waals surface area contributed by atoms with Crippen LogP contribution in [0.2, 0.25) is 0 Å². The zero-order valence-electron chi connectivity index (χ0n) is 9.89. The molecule has 5 N–H and O–H groups in total. The number of nitrogens with two attached hydrogens (primary N) is 2. The predicted molar refractivity (Wildman–Crippen MR) is 66.1 cm³/mol. The van der Waals surface area contributed by atoms with Crippen molar-refractivity contribution in [3.8, 4) is 0 Å². The summed E-state index contributed by atoms with van der Waals surface area (Å²) in [6.07, 6.45) is 0. The quantitative estimate of drug-likeness (QED) is 0.670. The first-order chi connectivity index (χ1) is 8.38. The van der Waals surface area contributed by atoms with Gasteiger partial charge in [0.15, 0.2) is 0 Å². The van der Waals surface area contributed by atoms with E-state index in [0.29, 0.717) is 6.61 Å². The van der Waals surface area contributed by atoms with E-state index >= 15 is 0 Å². The van der Waals surface area contributed by atoms with Gasteiger partial charge < -0.3 is 15.8 Å². The molecule has 8 heteroatoms. The molecule has 0 fully saturated rings. The Morgan fingerprint density at radius 2 is 2.17 bits per heavy atom. The fourth-order valence-corrected chi connectivity index (χ4v) is 1.91. The molecular formula is C10H16FN3O3S. The molecule has 0 saturated carbocycles. The summed E-state index contributed by atoms with van der Waals surface area (Å²) in [4.78, 5) is -0.276. The molecule has 0 radical (unpaired) electrons. The number of anilines is 1. The van der Waals surface area contributed by atoms with E-state index in [4.69, 9.17) is 15.6 Å². The maximum Gasteiger partial charge on any atom is 0.238 e. The predicted octanol–water partition coefficient (Wildman–Crippen LogP) is -0.141. The van der Waals surface area contributed by atoms with Crippen molar-refractivity contribution in [1.82, 2.24) is 0 Å². The van der Waals surface area contributed by atoms with Crippen LogP contribution in [0.15, 0.2) is 23.1 Å².